The third kappa shape index (κ3) is 1.39. The highest BCUT2D eigenvalue weighted by molar-refractivity contribution is 9.10. The fraction of sp³-hybridized carbons (Fsp3) is 0.667. The summed E-state index contributed by atoms with van der Waals surface area (Å²) in [4.78, 5) is 34.3. The Morgan fingerprint density at radius 1 is 1.13 bits per heavy atom. The van der Waals surface area contributed by atoms with Crippen LogP contribution in [0.25, 0.3) is 0 Å². The van der Waals surface area contributed by atoms with Gasteiger partial charge in [0.15, 0.2) is 5.41 Å². The van der Waals surface area contributed by atoms with E-state index in [9.17, 15) is 14.4 Å². The molecule has 0 amide bonds. The Morgan fingerprint density at radius 3 is 1.73 bits per heavy atom. The Kier molecular flexibility index (Phi) is 2.91. The second-order valence-corrected chi connectivity index (χ2v) is 4.78. The van der Waals surface area contributed by atoms with E-state index < -0.39 is 21.7 Å². The molecule has 15 heavy (non-hydrogen) atoms. The summed E-state index contributed by atoms with van der Waals surface area (Å²) in [6.07, 6.45) is 0.0781. The van der Waals surface area contributed by atoms with Crippen molar-refractivity contribution in [1.29, 1.82) is 0 Å². The van der Waals surface area contributed by atoms with Gasteiger partial charge in [-0.15, -0.1) is 0 Å². The predicted octanol–water partition coefficient (Wildman–Crippen LogP) is 0.445. The predicted molar refractivity (Wildman–Crippen MR) is 53.4 cm³/mol. The van der Waals surface area contributed by atoms with Crippen molar-refractivity contribution in [3.63, 3.8) is 0 Å². The standard InChI is InChI=1S/C9H11BrO5/c1-5(11)9(10)4-8(9,6(12)14-2)7(13)15-3/h4H2,1-3H3. The van der Waals surface area contributed by atoms with Gasteiger partial charge in [-0.3, -0.25) is 14.4 Å². The average molecular weight is 279 g/mol. The summed E-state index contributed by atoms with van der Waals surface area (Å²) in [6.45, 7) is 1.31. The lowest BCUT2D eigenvalue weighted by Crippen LogP contribution is -2.37. The number of methoxy groups -OCH3 is 2. The van der Waals surface area contributed by atoms with Crippen molar-refractivity contribution in [3.8, 4) is 0 Å². The molecule has 1 rings (SSSR count). The maximum atomic E-state index is 11.5. The molecule has 5 nitrogen and oxygen atoms in total. The van der Waals surface area contributed by atoms with E-state index in [0.29, 0.717) is 0 Å². The zero-order valence-electron chi connectivity index (χ0n) is 8.63. The molecule has 0 bridgehead atoms. The van der Waals surface area contributed by atoms with Gasteiger partial charge in [0, 0.05) is 0 Å². The Balaban J connectivity index is 3.10. The van der Waals surface area contributed by atoms with E-state index >= 15 is 0 Å². The number of ketones is 1. The molecular formula is C9H11BrO5. The van der Waals surface area contributed by atoms with Gasteiger partial charge in [-0.1, -0.05) is 15.9 Å². The van der Waals surface area contributed by atoms with Crippen molar-refractivity contribution < 1.29 is 23.9 Å². The summed E-state index contributed by atoms with van der Waals surface area (Å²) < 4.78 is 7.88. The largest absolute Gasteiger partial charge is 0.468 e. The summed E-state index contributed by atoms with van der Waals surface area (Å²) in [7, 11) is 2.33. The lowest BCUT2D eigenvalue weighted by molar-refractivity contribution is -0.162. The lowest BCUT2D eigenvalue weighted by Gasteiger charge is -2.14. The molecule has 0 radical (unpaired) electrons. The van der Waals surface area contributed by atoms with Gasteiger partial charge >= 0.3 is 11.9 Å². The highest BCUT2D eigenvalue weighted by Gasteiger charge is 2.80. The van der Waals surface area contributed by atoms with Crippen molar-refractivity contribution in [2.75, 3.05) is 14.2 Å². The third-order valence-corrected chi connectivity index (χ3v) is 4.20. The lowest BCUT2D eigenvalue weighted by atomic mass is 10.0. The van der Waals surface area contributed by atoms with Gasteiger partial charge < -0.3 is 9.47 Å². The molecule has 1 fully saturated rings. The number of ether oxygens (including phenoxy) is 2. The monoisotopic (exact) mass is 278 g/mol. The molecule has 0 saturated heterocycles. The minimum Gasteiger partial charge on any atom is -0.468 e. The number of alkyl halides is 1. The molecule has 0 N–H and O–H groups in total. The summed E-state index contributed by atoms with van der Waals surface area (Å²) in [5.41, 5.74) is -1.51. The van der Waals surface area contributed by atoms with Gasteiger partial charge in [0.1, 0.15) is 10.1 Å². The summed E-state index contributed by atoms with van der Waals surface area (Å²) in [5.74, 6) is -1.79. The second-order valence-electron chi connectivity index (χ2n) is 3.42. The average Bonchev–Trinajstić information content (AvgIpc) is 2.86. The number of esters is 2. The minimum atomic E-state index is -1.51. The number of carbonyl (C=O) groups is 3. The zero-order valence-corrected chi connectivity index (χ0v) is 10.2. The van der Waals surface area contributed by atoms with Crippen LogP contribution in [0, 0.1) is 5.41 Å². The number of halogens is 1. The molecule has 1 saturated carbocycles. The van der Waals surface area contributed by atoms with Crippen LogP contribution in [-0.2, 0) is 23.9 Å². The molecule has 1 unspecified atom stereocenters. The maximum Gasteiger partial charge on any atom is 0.325 e. The quantitative estimate of drug-likeness (QED) is 0.426. The zero-order chi connectivity index (χ0) is 11.9. The van der Waals surface area contributed by atoms with Gasteiger partial charge in [0.25, 0.3) is 0 Å². The fourth-order valence-electron chi connectivity index (χ4n) is 1.65. The van der Waals surface area contributed by atoms with Gasteiger partial charge in [-0.25, -0.2) is 0 Å². The van der Waals surface area contributed by atoms with Gasteiger partial charge in [-0.2, -0.15) is 0 Å². The molecule has 0 spiro atoms. The van der Waals surface area contributed by atoms with Crippen molar-refractivity contribution in [2.24, 2.45) is 5.41 Å². The third-order valence-electron chi connectivity index (χ3n) is 2.69. The molecule has 0 heterocycles. The van der Waals surface area contributed by atoms with Crippen LogP contribution in [0.5, 0.6) is 0 Å². The van der Waals surface area contributed by atoms with Gasteiger partial charge in [-0.05, 0) is 13.3 Å². The van der Waals surface area contributed by atoms with Crippen LogP contribution in [0.1, 0.15) is 13.3 Å². The summed E-state index contributed by atoms with van der Waals surface area (Å²) in [6, 6.07) is 0. The van der Waals surface area contributed by atoms with Crippen molar-refractivity contribution >= 4 is 33.7 Å². The van der Waals surface area contributed by atoms with Crippen molar-refractivity contribution in [2.45, 2.75) is 17.7 Å². The van der Waals surface area contributed by atoms with Gasteiger partial charge in [0.05, 0.1) is 14.2 Å². The molecule has 0 aromatic rings. The fourth-order valence-corrected chi connectivity index (χ4v) is 2.39. The number of hydrogen-bond acceptors (Lipinski definition) is 5. The SMILES string of the molecule is COC(=O)C1(C(=O)OC)CC1(Br)C(C)=O. The first-order valence-corrected chi connectivity index (χ1v) is 5.03. The van der Waals surface area contributed by atoms with Crippen molar-refractivity contribution in [1.82, 2.24) is 0 Å². The highest BCUT2D eigenvalue weighted by atomic mass is 79.9. The van der Waals surface area contributed by atoms with E-state index in [0.717, 1.165) is 0 Å². The van der Waals surface area contributed by atoms with E-state index in [1.165, 1.54) is 21.1 Å². The van der Waals surface area contributed by atoms with Crippen LogP contribution in [0.2, 0.25) is 0 Å². The minimum absolute atomic E-state index is 0.0781. The van der Waals surface area contributed by atoms with Crippen LogP contribution in [0.3, 0.4) is 0 Å². The van der Waals surface area contributed by atoms with Crippen LogP contribution < -0.4 is 0 Å². The molecule has 1 aliphatic rings. The van der Waals surface area contributed by atoms with Crippen LogP contribution in [0.15, 0.2) is 0 Å². The number of Topliss-reactive ketones (excluding diaryl/α,β-unsaturated/α-hetero) is 1. The topological polar surface area (TPSA) is 69.7 Å². The summed E-state index contributed by atoms with van der Waals surface area (Å²) in [5, 5.41) is 0. The molecular weight excluding hydrogens is 268 g/mol. The van der Waals surface area contributed by atoms with E-state index in [2.05, 4.69) is 25.4 Å². The molecule has 6 heteroatoms. The molecule has 0 aliphatic heterocycles. The number of hydrogen-bond donors (Lipinski definition) is 0. The Labute approximate surface area is 95.2 Å². The van der Waals surface area contributed by atoms with Crippen molar-refractivity contribution in [3.05, 3.63) is 0 Å². The van der Waals surface area contributed by atoms with Crippen LogP contribution in [-0.4, -0.2) is 36.3 Å². The van der Waals surface area contributed by atoms with Crippen LogP contribution >= 0.6 is 15.9 Å². The molecule has 0 aromatic heterocycles. The Hall–Kier alpha value is -0.910. The first-order valence-electron chi connectivity index (χ1n) is 4.23. The van der Waals surface area contributed by atoms with E-state index in [4.69, 9.17) is 0 Å². The molecule has 0 aromatic carbocycles. The highest BCUT2D eigenvalue weighted by Crippen LogP contribution is 2.64. The Morgan fingerprint density at radius 2 is 1.53 bits per heavy atom. The number of carbonyl (C=O) groups excluding carboxylic acids is 3. The smallest absolute Gasteiger partial charge is 0.325 e. The molecule has 84 valence electrons. The first-order chi connectivity index (χ1) is 6.86. The van der Waals surface area contributed by atoms with Gasteiger partial charge in [0.2, 0.25) is 0 Å². The molecule has 1 atom stereocenters. The summed E-state index contributed by atoms with van der Waals surface area (Å²) >= 11 is 3.11. The normalized spacial score (nSPS) is 26.7. The Bertz CT molecular complexity index is 321. The molecule has 1 aliphatic carbocycles. The van der Waals surface area contributed by atoms with E-state index in [-0.39, 0.29) is 12.2 Å². The van der Waals surface area contributed by atoms with E-state index in [1.54, 1.807) is 0 Å². The first kappa shape index (κ1) is 12.2. The van der Waals surface area contributed by atoms with E-state index in [1.807, 2.05) is 0 Å². The van der Waals surface area contributed by atoms with Crippen LogP contribution in [0.4, 0.5) is 0 Å². The maximum absolute atomic E-state index is 11.5. The second kappa shape index (κ2) is 3.59. The number of rotatable bonds is 3.